The van der Waals surface area contributed by atoms with E-state index < -0.39 is 0 Å². The topological polar surface area (TPSA) is 65.7 Å². The van der Waals surface area contributed by atoms with Gasteiger partial charge in [0.1, 0.15) is 0 Å². The fourth-order valence-electron chi connectivity index (χ4n) is 2.55. The molecular weight excluding hydrogens is 244 g/mol. The Kier molecular flexibility index (Phi) is 4.37. The van der Waals surface area contributed by atoms with Crippen LogP contribution in [0.4, 0.5) is 5.69 Å². The number of rotatable bonds is 5. The lowest BCUT2D eigenvalue weighted by Gasteiger charge is -2.20. The first-order chi connectivity index (χ1) is 9.19. The van der Waals surface area contributed by atoms with Gasteiger partial charge in [-0.25, -0.2) is 0 Å². The van der Waals surface area contributed by atoms with Crippen molar-refractivity contribution in [3.05, 3.63) is 12.1 Å². The molecule has 0 saturated heterocycles. The summed E-state index contributed by atoms with van der Waals surface area (Å²) in [6.07, 6.45) is 3.34. The molecule has 1 saturated carbocycles. The minimum absolute atomic E-state index is 0.207. The summed E-state index contributed by atoms with van der Waals surface area (Å²) in [6.45, 7) is 0. The van der Waals surface area contributed by atoms with E-state index in [0.717, 1.165) is 18.5 Å². The molecule has 1 aliphatic carbocycles. The molecule has 0 radical (unpaired) electrons. The summed E-state index contributed by atoms with van der Waals surface area (Å²) >= 11 is 0. The highest BCUT2D eigenvalue weighted by Gasteiger charge is 2.24. The summed E-state index contributed by atoms with van der Waals surface area (Å²) in [7, 11) is 4.82. The van der Waals surface area contributed by atoms with Crippen LogP contribution < -0.4 is 25.3 Å². The first-order valence-electron chi connectivity index (χ1n) is 6.51. The Morgan fingerprint density at radius 2 is 1.68 bits per heavy atom. The van der Waals surface area contributed by atoms with Crippen LogP contribution in [-0.2, 0) is 0 Å². The standard InChI is InChI=1S/C14H22N2O3/c1-17-12-7-9(8-13(18-2)14(12)19-3)16-11-6-4-5-10(11)15/h7-8,10-11,16H,4-6,15H2,1-3H3/t10-,11+/m0/s1. The number of methoxy groups -OCH3 is 3. The Balaban J connectivity index is 2.25. The van der Waals surface area contributed by atoms with Crippen molar-refractivity contribution in [2.45, 2.75) is 31.3 Å². The maximum atomic E-state index is 6.07. The van der Waals surface area contributed by atoms with Gasteiger partial charge in [0.2, 0.25) is 5.75 Å². The summed E-state index contributed by atoms with van der Waals surface area (Å²) < 4.78 is 16.0. The van der Waals surface area contributed by atoms with Crippen LogP contribution in [0.1, 0.15) is 19.3 Å². The molecule has 0 spiro atoms. The van der Waals surface area contributed by atoms with E-state index in [1.54, 1.807) is 21.3 Å². The fourth-order valence-corrected chi connectivity index (χ4v) is 2.55. The van der Waals surface area contributed by atoms with Crippen molar-refractivity contribution >= 4 is 5.69 Å². The maximum absolute atomic E-state index is 6.07. The molecular formula is C14H22N2O3. The predicted molar refractivity (Wildman–Crippen MR) is 75.3 cm³/mol. The van der Waals surface area contributed by atoms with Gasteiger partial charge in [-0.05, 0) is 19.3 Å². The van der Waals surface area contributed by atoms with Crippen LogP contribution >= 0.6 is 0 Å². The van der Waals surface area contributed by atoms with Crippen molar-refractivity contribution in [1.29, 1.82) is 0 Å². The van der Waals surface area contributed by atoms with Gasteiger partial charge >= 0.3 is 0 Å². The molecule has 106 valence electrons. The van der Waals surface area contributed by atoms with Gasteiger partial charge in [-0.3, -0.25) is 0 Å². The lowest BCUT2D eigenvalue weighted by atomic mass is 10.1. The van der Waals surface area contributed by atoms with Crippen molar-refractivity contribution in [3.63, 3.8) is 0 Å². The minimum atomic E-state index is 0.207. The lowest BCUT2D eigenvalue weighted by molar-refractivity contribution is 0.324. The molecule has 0 heterocycles. The van der Waals surface area contributed by atoms with Gasteiger partial charge in [0.05, 0.1) is 21.3 Å². The Labute approximate surface area is 114 Å². The van der Waals surface area contributed by atoms with Crippen LogP contribution in [0.5, 0.6) is 17.2 Å². The van der Waals surface area contributed by atoms with Crippen molar-refractivity contribution in [2.75, 3.05) is 26.6 Å². The molecule has 0 bridgehead atoms. The lowest BCUT2D eigenvalue weighted by Crippen LogP contribution is -2.35. The van der Waals surface area contributed by atoms with Crippen LogP contribution in [0.25, 0.3) is 0 Å². The Morgan fingerprint density at radius 1 is 1.05 bits per heavy atom. The van der Waals surface area contributed by atoms with Crippen molar-refractivity contribution in [1.82, 2.24) is 0 Å². The number of hydrogen-bond donors (Lipinski definition) is 2. The molecule has 1 aromatic carbocycles. The Morgan fingerprint density at radius 3 is 2.11 bits per heavy atom. The highest BCUT2D eigenvalue weighted by Crippen LogP contribution is 2.40. The first-order valence-corrected chi connectivity index (χ1v) is 6.51. The molecule has 1 aliphatic rings. The van der Waals surface area contributed by atoms with Gasteiger partial charge in [-0.2, -0.15) is 0 Å². The van der Waals surface area contributed by atoms with Crippen LogP contribution in [0.3, 0.4) is 0 Å². The van der Waals surface area contributed by atoms with Crippen molar-refractivity contribution in [2.24, 2.45) is 5.73 Å². The van der Waals surface area contributed by atoms with E-state index in [0.29, 0.717) is 23.3 Å². The van der Waals surface area contributed by atoms with Crippen LogP contribution in [0.15, 0.2) is 12.1 Å². The van der Waals surface area contributed by atoms with E-state index in [1.165, 1.54) is 6.42 Å². The largest absolute Gasteiger partial charge is 0.493 e. The summed E-state index contributed by atoms with van der Waals surface area (Å²) in [5, 5.41) is 3.45. The molecule has 1 aromatic rings. The molecule has 3 N–H and O–H groups in total. The van der Waals surface area contributed by atoms with Gasteiger partial charge < -0.3 is 25.3 Å². The number of anilines is 1. The third-order valence-corrected chi connectivity index (χ3v) is 3.59. The highest BCUT2D eigenvalue weighted by atomic mass is 16.5. The van der Waals surface area contributed by atoms with E-state index >= 15 is 0 Å². The SMILES string of the molecule is COc1cc(N[C@@H]2CCC[C@@H]2N)cc(OC)c1OC. The quantitative estimate of drug-likeness (QED) is 0.853. The second-order valence-electron chi connectivity index (χ2n) is 4.76. The van der Waals surface area contributed by atoms with Crippen LogP contribution in [0, 0.1) is 0 Å². The maximum Gasteiger partial charge on any atom is 0.203 e. The van der Waals surface area contributed by atoms with E-state index in [1.807, 2.05) is 12.1 Å². The molecule has 0 aromatic heterocycles. The zero-order valence-corrected chi connectivity index (χ0v) is 11.7. The zero-order chi connectivity index (χ0) is 13.8. The number of nitrogens with one attached hydrogen (secondary N) is 1. The first kappa shape index (κ1) is 13.8. The highest BCUT2D eigenvalue weighted by molar-refractivity contribution is 5.63. The third-order valence-electron chi connectivity index (χ3n) is 3.59. The molecule has 19 heavy (non-hydrogen) atoms. The molecule has 5 nitrogen and oxygen atoms in total. The Hall–Kier alpha value is -1.62. The average Bonchev–Trinajstić information content (AvgIpc) is 2.83. The normalized spacial score (nSPS) is 22.1. The van der Waals surface area contributed by atoms with Crippen molar-refractivity contribution in [3.8, 4) is 17.2 Å². The number of nitrogens with two attached hydrogens (primary N) is 1. The molecule has 5 heteroatoms. The van der Waals surface area contributed by atoms with Crippen LogP contribution in [0.2, 0.25) is 0 Å². The van der Waals surface area contributed by atoms with Gasteiger partial charge in [-0.15, -0.1) is 0 Å². The summed E-state index contributed by atoms with van der Waals surface area (Å²) in [4.78, 5) is 0. The van der Waals surface area contributed by atoms with E-state index in [9.17, 15) is 0 Å². The van der Waals surface area contributed by atoms with Gasteiger partial charge in [0, 0.05) is 29.9 Å². The summed E-state index contributed by atoms with van der Waals surface area (Å²) in [5.41, 5.74) is 7.02. The predicted octanol–water partition coefficient (Wildman–Crippen LogP) is 2.00. The average molecular weight is 266 g/mol. The van der Waals surface area contributed by atoms with Gasteiger partial charge in [0.15, 0.2) is 11.5 Å². The molecule has 0 amide bonds. The van der Waals surface area contributed by atoms with Gasteiger partial charge in [-0.1, -0.05) is 0 Å². The van der Waals surface area contributed by atoms with E-state index in [2.05, 4.69) is 5.32 Å². The summed E-state index contributed by atoms with van der Waals surface area (Å²) in [6, 6.07) is 4.33. The monoisotopic (exact) mass is 266 g/mol. The number of ether oxygens (including phenoxy) is 3. The van der Waals surface area contributed by atoms with E-state index in [4.69, 9.17) is 19.9 Å². The smallest absolute Gasteiger partial charge is 0.203 e. The van der Waals surface area contributed by atoms with Gasteiger partial charge in [0.25, 0.3) is 0 Å². The fraction of sp³-hybridized carbons (Fsp3) is 0.571. The molecule has 2 rings (SSSR count). The minimum Gasteiger partial charge on any atom is -0.493 e. The zero-order valence-electron chi connectivity index (χ0n) is 11.7. The molecule has 0 unspecified atom stereocenters. The molecule has 0 aliphatic heterocycles. The molecule has 2 atom stereocenters. The number of hydrogen-bond acceptors (Lipinski definition) is 5. The molecule has 1 fully saturated rings. The number of benzene rings is 1. The van der Waals surface area contributed by atoms with E-state index in [-0.39, 0.29) is 6.04 Å². The second-order valence-corrected chi connectivity index (χ2v) is 4.76. The second kappa shape index (κ2) is 6.02. The van der Waals surface area contributed by atoms with Crippen molar-refractivity contribution < 1.29 is 14.2 Å². The summed E-state index contributed by atoms with van der Waals surface area (Å²) in [5.74, 6) is 1.90. The Bertz CT molecular complexity index is 412. The third kappa shape index (κ3) is 2.87. The van der Waals surface area contributed by atoms with Crippen LogP contribution in [-0.4, -0.2) is 33.4 Å².